The van der Waals surface area contributed by atoms with Crippen LogP contribution in [0.25, 0.3) is 22.3 Å². The largest absolute Gasteiger partial charge is 0.488 e. The molecular weight excluding hydrogens is 445 g/mol. The number of benzene rings is 3. The third kappa shape index (κ3) is 4.54. The maximum absolute atomic E-state index is 13.2. The molecular formula is C25H21Cl2N3O2. The molecule has 4 aromatic rings. The van der Waals surface area contributed by atoms with Crippen LogP contribution in [-0.2, 0) is 0 Å². The van der Waals surface area contributed by atoms with E-state index in [4.69, 9.17) is 27.9 Å². The third-order valence-electron chi connectivity index (χ3n) is 5.02. The van der Waals surface area contributed by atoms with Crippen molar-refractivity contribution < 1.29 is 4.74 Å². The van der Waals surface area contributed by atoms with Gasteiger partial charge in [0.1, 0.15) is 0 Å². The zero-order chi connectivity index (χ0) is 22.7. The van der Waals surface area contributed by atoms with Crippen LogP contribution in [0, 0.1) is 0 Å². The normalized spacial score (nSPS) is 12.4. The van der Waals surface area contributed by atoms with Gasteiger partial charge in [0.2, 0.25) is 0 Å². The molecule has 162 valence electrons. The second kappa shape index (κ2) is 9.55. The van der Waals surface area contributed by atoms with Crippen LogP contribution >= 0.6 is 23.2 Å². The van der Waals surface area contributed by atoms with Crippen molar-refractivity contribution in [1.82, 2.24) is 9.66 Å². The molecule has 32 heavy (non-hydrogen) atoms. The number of hydrogen-bond acceptors (Lipinski definition) is 4. The Hall–Kier alpha value is -3.15. The lowest BCUT2D eigenvalue weighted by Gasteiger charge is -2.15. The van der Waals surface area contributed by atoms with Gasteiger partial charge in [-0.1, -0.05) is 72.6 Å². The van der Waals surface area contributed by atoms with E-state index < -0.39 is 0 Å². The molecule has 0 saturated heterocycles. The average molecular weight is 466 g/mol. The van der Waals surface area contributed by atoms with E-state index in [1.165, 1.54) is 10.9 Å². The van der Waals surface area contributed by atoms with E-state index in [1.807, 2.05) is 56.3 Å². The fourth-order valence-corrected chi connectivity index (χ4v) is 3.77. The highest BCUT2D eigenvalue weighted by atomic mass is 35.5. The molecule has 1 atom stereocenters. The second-order valence-electron chi connectivity index (χ2n) is 7.33. The van der Waals surface area contributed by atoms with Crippen molar-refractivity contribution in [3.63, 3.8) is 0 Å². The van der Waals surface area contributed by atoms with Crippen molar-refractivity contribution in [2.24, 2.45) is 5.10 Å². The zero-order valence-electron chi connectivity index (χ0n) is 17.6. The molecule has 0 aliphatic rings. The van der Waals surface area contributed by atoms with E-state index in [1.54, 1.807) is 24.3 Å². The Kier molecular flexibility index (Phi) is 6.58. The summed E-state index contributed by atoms with van der Waals surface area (Å²) in [6.07, 6.45) is 2.35. The fourth-order valence-electron chi connectivity index (χ4n) is 3.18. The summed E-state index contributed by atoms with van der Waals surface area (Å²) in [4.78, 5) is 17.9. The highest BCUT2D eigenvalue weighted by Crippen LogP contribution is 2.35. The molecule has 3 aromatic carbocycles. The average Bonchev–Trinajstić information content (AvgIpc) is 2.81. The van der Waals surface area contributed by atoms with E-state index in [0.717, 1.165) is 12.0 Å². The molecule has 7 heteroatoms. The van der Waals surface area contributed by atoms with Gasteiger partial charge in [-0.15, -0.1) is 0 Å². The maximum Gasteiger partial charge on any atom is 0.282 e. The molecule has 0 N–H and O–H groups in total. The van der Waals surface area contributed by atoms with Crippen LogP contribution in [0.1, 0.15) is 25.8 Å². The van der Waals surface area contributed by atoms with Crippen molar-refractivity contribution in [2.75, 3.05) is 0 Å². The predicted molar refractivity (Wildman–Crippen MR) is 131 cm³/mol. The van der Waals surface area contributed by atoms with E-state index in [0.29, 0.717) is 38.1 Å². The minimum absolute atomic E-state index is 0.0137. The molecule has 1 heterocycles. The van der Waals surface area contributed by atoms with Crippen LogP contribution in [-0.4, -0.2) is 22.0 Å². The highest BCUT2D eigenvalue weighted by molar-refractivity contribution is 6.37. The first-order valence-electron chi connectivity index (χ1n) is 10.2. The topological polar surface area (TPSA) is 56.5 Å². The first kappa shape index (κ1) is 22.1. The van der Waals surface area contributed by atoms with Gasteiger partial charge in [-0.05, 0) is 43.2 Å². The van der Waals surface area contributed by atoms with Crippen molar-refractivity contribution in [2.45, 2.75) is 26.4 Å². The highest BCUT2D eigenvalue weighted by Gasteiger charge is 2.14. The smallest absolute Gasteiger partial charge is 0.282 e. The Morgan fingerprint density at radius 3 is 2.41 bits per heavy atom. The molecule has 0 fully saturated rings. The monoisotopic (exact) mass is 465 g/mol. The molecule has 0 spiro atoms. The number of halogens is 2. The van der Waals surface area contributed by atoms with Gasteiger partial charge in [0, 0.05) is 5.56 Å². The number of fused-ring (bicyclic) bond motifs is 1. The summed E-state index contributed by atoms with van der Waals surface area (Å²) in [6, 6.07) is 20.1. The predicted octanol–water partition coefficient (Wildman–Crippen LogP) is 6.43. The van der Waals surface area contributed by atoms with E-state index in [2.05, 4.69) is 10.1 Å². The summed E-state index contributed by atoms with van der Waals surface area (Å²) >= 11 is 12.8. The Morgan fingerprint density at radius 2 is 1.72 bits per heavy atom. The lowest BCUT2D eigenvalue weighted by atomic mass is 10.2. The van der Waals surface area contributed by atoms with Crippen LogP contribution in [0.3, 0.4) is 0 Å². The summed E-state index contributed by atoms with van der Waals surface area (Å²) in [7, 11) is 0. The Morgan fingerprint density at radius 1 is 1.06 bits per heavy atom. The number of nitrogens with zero attached hydrogens (tertiary/aromatic N) is 3. The van der Waals surface area contributed by atoms with Crippen molar-refractivity contribution in [3.8, 4) is 17.1 Å². The van der Waals surface area contributed by atoms with E-state index >= 15 is 0 Å². The Bertz CT molecular complexity index is 1330. The van der Waals surface area contributed by atoms with Crippen LogP contribution < -0.4 is 10.3 Å². The first-order chi connectivity index (χ1) is 15.5. The van der Waals surface area contributed by atoms with E-state index in [9.17, 15) is 4.79 Å². The van der Waals surface area contributed by atoms with Gasteiger partial charge in [0.25, 0.3) is 5.56 Å². The van der Waals surface area contributed by atoms with Crippen LogP contribution in [0.5, 0.6) is 5.75 Å². The molecule has 0 aliphatic heterocycles. The van der Waals surface area contributed by atoms with Gasteiger partial charge in [-0.2, -0.15) is 9.78 Å². The van der Waals surface area contributed by atoms with Gasteiger partial charge in [0.05, 0.1) is 33.3 Å². The lowest BCUT2D eigenvalue weighted by molar-refractivity contribution is 0.218. The summed E-state index contributed by atoms with van der Waals surface area (Å²) in [5, 5.41) is 5.70. The summed E-state index contributed by atoms with van der Waals surface area (Å²) in [5.74, 6) is 0.883. The van der Waals surface area contributed by atoms with Crippen molar-refractivity contribution in [1.29, 1.82) is 0 Å². The number of para-hydroxylation sites is 1. The van der Waals surface area contributed by atoms with Crippen molar-refractivity contribution >= 4 is 40.3 Å². The zero-order valence-corrected chi connectivity index (χ0v) is 19.1. The molecule has 0 aliphatic carbocycles. The summed E-state index contributed by atoms with van der Waals surface area (Å²) in [5.41, 5.74) is 1.76. The summed E-state index contributed by atoms with van der Waals surface area (Å²) in [6.45, 7) is 3.97. The Balaban J connectivity index is 1.81. The van der Waals surface area contributed by atoms with Crippen LogP contribution in [0.15, 0.2) is 76.6 Å². The lowest BCUT2D eigenvalue weighted by Crippen LogP contribution is -2.20. The van der Waals surface area contributed by atoms with Crippen LogP contribution in [0.2, 0.25) is 10.0 Å². The van der Waals surface area contributed by atoms with Gasteiger partial charge in [-0.25, -0.2) is 4.98 Å². The van der Waals surface area contributed by atoms with Gasteiger partial charge >= 0.3 is 0 Å². The number of aromatic nitrogens is 2. The first-order valence-corrected chi connectivity index (χ1v) is 11.0. The SMILES string of the molecule is CC[C@H](C)Oc1c(Cl)cc(C=Nn2c(-c3ccccc3)nc3ccccc3c2=O)cc1Cl. The summed E-state index contributed by atoms with van der Waals surface area (Å²) < 4.78 is 7.11. The standard InChI is InChI=1S/C25H21Cl2N3O2/c1-3-16(2)32-23-20(26)13-17(14-21(23)27)15-28-30-24(18-9-5-4-6-10-18)29-22-12-8-7-11-19(22)25(30)31/h4-16H,3H2,1-2H3/t16-/m0/s1. The molecule has 0 unspecified atom stereocenters. The molecule has 5 nitrogen and oxygen atoms in total. The third-order valence-corrected chi connectivity index (χ3v) is 5.58. The van der Waals surface area contributed by atoms with Gasteiger partial charge in [0.15, 0.2) is 11.6 Å². The molecule has 0 radical (unpaired) electrons. The number of rotatable bonds is 6. The molecule has 0 amide bonds. The Labute approximate surface area is 195 Å². The quantitative estimate of drug-likeness (QED) is 0.308. The van der Waals surface area contributed by atoms with Gasteiger partial charge in [-0.3, -0.25) is 4.79 Å². The minimum atomic E-state index is -0.264. The molecule has 0 bridgehead atoms. The van der Waals surface area contributed by atoms with Crippen LogP contribution in [0.4, 0.5) is 0 Å². The van der Waals surface area contributed by atoms with Gasteiger partial charge < -0.3 is 4.74 Å². The van der Waals surface area contributed by atoms with E-state index in [-0.39, 0.29) is 11.7 Å². The second-order valence-corrected chi connectivity index (χ2v) is 8.14. The fraction of sp³-hybridized carbons (Fsp3) is 0.160. The maximum atomic E-state index is 13.2. The minimum Gasteiger partial charge on any atom is -0.488 e. The number of ether oxygens (including phenoxy) is 1. The molecule has 1 aromatic heterocycles. The molecule has 0 saturated carbocycles. The van der Waals surface area contributed by atoms with Crippen molar-refractivity contribution in [3.05, 3.63) is 92.7 Å². The number of hydrogen-bond donors (Lipinski definition) is 0. The molecule has 4 rings (SSSR count).